The number of aliphatic carboxylic acids is 1. The summed E-state index contributed by atoms with van der Waals surface area (Å²) in [6, 6.07) is 2.28. The van der Waals surface area contributed by atoms with Crippen molar-refractivity contribution < 1.29 is 36.2 Å². The fraction of sp³-hybridized carbons (Fsp3) is 0.182. The molecule has 0 saturated carbocycles. The number of halogens is 6. The molecule has 0 spiro atoms. The predicted octanol–water partition coefficient (Wildman–Crippen LogP) is 3.54. The molecule has 1 aromatic rings. The van der Waals surface area contributed by atoms with Gasteiger partial charge >= 0.3 is 18.3 Å². The fourth-order valence-electron chi connectivity index (χ4n) is 1.36. The zero-order chi connectivity index (χ0) is 17.3. The van der Waals surface area contributed by atoms with Crippen molar-refractivity contribution in [1.29, 1.82) is 10.5 Å². The molecule has 0 radical (unpaired) electrons. The molecule has 0 amide bonds. The maximum absolute atomic E-state index is 12.7. The number of hydrogen-bond donors (Lipinski definition) is 1. The van der Waals surface area contributed by atoms with E-state index in [1.54, 1.807) is 0 Å². The van der Waals surface area contributed by atoms with Gasteiger partial charge in [0.05, 0.1) is 11.1 Å². The van der Waals surface area contributed by atoms with Crippen LogP contribution in [0.15, 0.2) is 5.57 Å². The Hall–Kier alpha value is -2.53. The quantitative estimate of drug-likeness (QED) is 0.659. The second kappa shape index (κ2) is 5.69. The Morgan fingerprint density at radius 1 is 1.09 bits per heavy atom. The summed E-state index contributed by atoms with van der Waals surface area (Å²) in [5, 5.41) is 25.9. The highest BCUT2D eigenvalue weighted by atomic mass is 32.1. The zero-order valence-corrected chi connectivity index (χ0v) is 10.8. The molecule has 0 unspecified atom stereocenters. The van der Waals surface area contributed by atoms with Gasteiger partial charge in [-0.15, -0.1) is 11.3 Å². The van der Waals surface area contributed by atoms with Crippen molar-refractivity contribution in [3.8, 4) is 12.1 Å². The highest BCUT2D eigenvalue weighted by Crippen LogP contribution is 2.41. The number of carboxylic acids is 1. The molecule has 1 N–H and O–H groups in total. The standard InChI is InChI=1S/C11H2F6N2O2S/c12-10(13,14)6(9(20)21)1-7-4(2-18)5(3-19)8(22-7)11(15,16)17/h1H,(H,20,21)/b6-1-. The van der Waals surface area contributed by atoms with Crippen LogP contribution in [0, 0.1) is 22.7 Å². The highest BCUT2D eigenvalue weighted by Gasteiger charge is 2.41. The van der Waals surface area contributed by atoms with Gasteiger partial charge in [-0.1, -0.05) is 0 Å². The van der Waals surface area contributed by atoms with Crippen molar-refractivity contribution in [2.75, 3.05) is 0 Å². The molecule has 0 fully saturated rings. The highest BCUT2D eigenvalue weighted by molar-refractivity contribution is 7.13. The summed E-state index contributed by atoms with van der Waals surface area (Å²) in [6.07, 6.45) is -10.5. The fourth-order valence-corrected chi connectivity index (χ4v) is 2.38. The maximum atomic E-state index is 12.7. The lowest BCUT2D eigenvalue weighted by atomic mass is 10.1. The number of nitrogens with zero attached hydrogens (tertiary/aromatic N) is 2. The number of hydrogen-bond acceptors (Lipinski definition) is 4. The van der Waals surface area contributed by atoms with Gasteiger partial charge < -0.3 is 5.11 Å². The predicted molar refractivity (Wildman–Crippen MR) is 60.4 cm³/mol. The Balaban J connectivity index is 3.71. The third kappa shape index (κ3) is 3.38. The third-order valence-corrected chi connectivity index (χ3v) is 3.41. The Morgan fingerprint density at radius 3 is 1.91 bits per heavy atom. The van der Waals surface area contributed by atoms with E-state index in [1.165, 1.54) is 6.07 Å². The van der Waals surface area contributed by atoms with Crippen LogP contribution < -0.4 is 0 Å². The minimum Gasteiger partial charge on any atom is -0.478 e. The molecule has 1 heterocycles. The van der Waals surface area contributed by atoms with Crippen molar-refractivity contribution in [2.24, 2.45) is 0 Å². The van der Waals surface area contributed by atoms with Gasteiger partial charge in [-0.2, -0.15) is 36.9 Å². The summed E-state index contributed by atoms with van der Waals surface area (Å²) < 4.78 is 75.6. The summed E-state index contributed by atoms with van der Waals surface area (Å²) in [5.41, 5.74) is -4.25. The Bertz CT molecular complexity index is 730. The van der Waals surface area contributed by atoms with Crippen LogP contribution in [0.4, 0.5) is 26.3 Å². The summed E-state index contributed by atoms with van der Waals surface area (Å²) in [7, 11) is 0. The minimum atomic E-state index is -5.34. The van der Waals surface area contributed by atoms with E-state index in [9.17, 15) is 31.1 Å². The van der Waals surface area contributed by atoms with Crippen LogP contribution in [0.2, 0.25) is 0 Å². The van der Waals surface area contributed by atoms with E-state index in [0.717, 1.165) is 6.07 Å². The molecule has 1 aromatic heterocycles. The molecule has 1 rings (SSSR count). The first-order chi connectivity index (χ1) is 9.93. The third-order valence-electron chi connectivity index (χ3n) is 2.23. The molecule has 22 heavy (non-hydrogen) atoms. The zero-order valence-electron chi connectivity index (χ0n) is 10.0. The topological polar surface area (TPSA) is 84.9 Å². The van der Waals surface area contributed by atoms with Gasteiger partial charge in [0.1, 0.15) is 22.6 Å². The molecule has 116 valence electrons. The molecule has 4 nitrogen and oxygen atoms in total. The average Bonchev–Trinajstić information content (AvgIpc) is 2.71. The molecule has 0 bridgehead atoms. The monoisotopic (exact) mass is 340 g/mol. The van der Waals surface area contributed by atoms with Crippen LogP contribution in [0.1, 0.15) is 20.9 Å². The van der Waals surface area contributed by atoms with E-state index in [2.05, 4.69) is 0 Å². The Morgan fingerprint density at radius 2 is 1.59 bits per heavy atom. The van der Waals surface area contributed by atoms with Gasteiger partial charge in [-0.05, 0) is 6.08 Å². The maximum Gasteiger partial charge on any atom is 0.426 e. The lowest BCUT2D eigenvalue weighted by molar-refractivity contribution is -0.144. The van der Waals surface area contributed by atoms with Crippen LogP contribution in [0.5, 0.6) is 0 Å². The first-order valence-corrected chi connectivity index (χ1v) is 5.81. The number of thiophene rings is 1. The van der Waals surface area contributed by atoms with E-state index in [0.29, 0.717) is 0 Å². The van der Waals surface area contributed by atoms with E-state index in [4.69, 9.17) is 15.6 Å². The smallest absolute Gasteiger partial charge is 0.426 e. The first-order valence-electron chi connectivity index (χ1n) is 4.99. The second-order valence-corrected chi connectivity index (χ2v) is 4.68. The van der Waals surface area contributed by atoms with E-state index in [1.807, 2.05) is 0 Å². The van der Waals surface area contributed by atoms with Gasteiger partial charge in [0.25, 0.3) is 0 Å². The lowest BCUT2D eigenvalue weighted by Crippen LogP contribution is -2.19. The largest absolute Gasteiger partial charge is 0.478 e. The van der Waals surface area contributed by atoms with Crippen LogP contribution in [-0.4, -0.2) is 17.3 Å². The molecular weight excluding hydrogens is 338 g/mol. The number of rotatable bonds is 2. The molecule has 0 aliphatic carbocycles. The number of nitriles is 2. The van der Waals surface area contributed by atoms with Crippen LogP contribution in [0.3, 0.4) is 0 Å². The molecule has 0 aliphatic heterocycles. The SMILES string of the molecule is N#Cc1c(/C=C(/C(=O)O)C(F)(F)F)sc(C(F)(F)F)c1C#N. The van der Waals surface area contributed by atoms with E-state index >= 15 is 0 Å². The van der Waals surface area contributed by atoms with Crippen molar-refractivity contribution in [3.05, 3.63) is 26.5 Å². The second-order valence-electron chi connectivity index (χ2n) is 3.63. The van der Waals surface area contributed by atoms with Gasteiger partial charge in [0.15, 0.2) is 0 Å². The van der Waals surface area contributed by atoms with Crippen molar-refractivity contribution >= 4 is 23.4 Å². The van der Waals surface area contributed by atoms with Gasteiger partial charge in [-0.3, -0.25) is 0 Å². The van der Waals surface area contributed by atoms with Crippen molar-refractivity contribution in [3.63, 3.8) is 0 Å². The normalized spacial score (nSPS) is 12.6. The number of carboxylic acid groups (broad SMARTS) is 1. The number of carbonyl (C=O) groups is 1. The van der Waals surface area contributed by atoms with Gasteiger partial charge in [0.2, 0.25) is 0 Å². The lowest BCUT2D eigenvalue weighted by Gasteiger charge is -2.06. The summed E-state index contributed by atoms with van der Waals surface area (Å²) in [6.45, 7) is 0. The molecule has 0 atom stereocenters. The Labute approximate surface area is 122 Å². The summed E-state index contributed by atoms with van der Waals surface area (Å²) in [5.74, 6) is -2.42. The minimum absolute atomic E-state index is 0.0956. The van der Waals surface area contributed by atoms with Crippen LogP contribution in [0.25, 0.3) is 6.08 Å². The summed E-state index contributed by atoms with van der Waals surface area (Å²) >= 11 is -0.306. The Kier molecular flexibility index (Phi) is 4.53. The average molecular weight is 340 g/mol. The van der Waals surface area contributed by atoms with Gasteiger partial charge in [0, 0.05) is 4.88 Å². The van der Waals surface area contributed by atoms with E-state index < -0.39 is 44.8 Å². The first kappa shape index (κ1) is 17.5. The van der Waals surface area contributed by atoms with Crippen molar-refractivity contribution in [2.45, 2.75) is 12.4 Å². The molecule has 0 aromatic carbocycles. The number of alkyl halides is 6. The van der Waals surface area contributed by atoms with Crippen LogP contribution in [-0.2, 0) is 11.0 Å². The molecular formula is C11H2F6N2O2S. The van der Waals surface area contributed by atoms with Crippen LogP contribution >= 0.6 is 11.3 Å². The van der Waals surface area contributed by atoms with E-state index in [-0.39, 0.29) is 17.4 Å². The molecule has 0 aliphatic rings. The van der Waals surface area contributed by atoms with Gasteiger partial charge in [-0.25, -0.2) is 4.79 Å². The molecule has 0 saturated heterocycles. The summed E-state index contributed by atoms with van der Waals surface area (Å²) in [4.78, 5) is 8.09. The molecule has 11 heteroatoms. The van der Waals surface area contributed by atoms with Crippen molar-refractivity contribution in [1.82, 2.24) is 0 Å².